The number of hydrogen-bond donors (Lipinski definition) is 0. The first-order chi connectivity index (χ1) is 8.43. The Hall–Kier alpha value is -1.67. The van der Waals surface area contributed by atoms with E-state index in [0.29, 0.717) is 0 Å². The number of fused-ring (bicyclic) bond motifs is 1. The standard InChI is InChI=1S/C15H14NS/c1-2-6-13(7-3-1)10-11-16-12-17-15-9-5-4-8-14(15)16/h1-9,12H,10-11H2/q+1. The molecule has 0 amide bonds. The molecule has 0 N–H and O–H groups in total. The average Bonchev–Trinajstić information content (AvgIpc) is 2.81. The third-order valence-corrected chi connectivity index (χ3v) is 3.92. The Morgan fingerprint density at radius 2 is 1.65 bits per heavy atom. The topological polar surface area (TPSA) is 3.88 Å². The molecule has 0 saturated carbocycles. The van der Waals surface area contributed by atoms with Crippen molar-refractivity contribution in [3.63, 3.8) is 0 Å². The summed E-state index contributed by atoms with van der Waals surface area (Å²) in [6, 6.07) is 19.2. The van der Waals surface area contributed by atoms with Gasteiger partial charge in [0.25, 0.3) is 0 Å². The molecule has 0 aliphatic carbocycles. The van der Waals surface area contributed by atoms with Gasteiger partial charge in [0, 0.05) is 12.5 Å². The minimum atomic E-state index is 1.05. The Labute approximate surface area is 105 Å². The fourth-order valence-corrected chi connectivity index (χ4v) is 2.96. The van der Waals surface area contributed by atoms with Gasteiger partial charge in [0.15, 0.2) is 6.54 Å². The van der Waals surface area contributed by atoms with E-state index in [1.807, 2.05) is 11.3 Å². The fourth-order valence-electron chi connectivity index (χ4n) is 2.04. The summed E-state index contributed by atoms with van der Waals surface area (Å²) in [6.45, 7) is 1.05. The van der Waals surface area contributed by atoms with Crippen LogP contribution in [0.5, 0.6) is 0 Å². The van der Waals surface area contributed by atoms with E-state index < -0.39 is 0 Å². The fraction of sp³-hybridized carbons (Fsp3) is 0.133. The van der Waals surface area contributed by atoms with E-state index in [-0.39, 0.29) is 0 Å². The zero-order chi connectivity index (χ0) is 11.5. The normalized spacial score (nSPS) is 10.8. The lowest BCUT2D eigenvalue weighted by Crippen LogP contribution is -2.32. The molecule has 84 valence electrons. The van der Waals surface area contributed by atoms with Gasteiger partial charge in [-0.25, -0.2) is 0 Å². The number of rotatable bonds is 3. The summed E-state index contributed by atoms with van der Waals surface area (Å²) in [5.41, 5.74) is 4.96. The van der Waals surface area contributed by atoms with Gasteiger partial charge in [0.1, 0.15) is 4.70 Å². The highest BCUT2D eigenvalue weighted by Gasteiger charge is 2.10. The first-order valence-electron chi connectivity index (χ1n) is 5.83. The van der Waals surface area contributed by atoms with Crippen molar-refractivity contribution < 1.29 is 4.57 Å². The molecule has 0 bridgehead atoms. The van der Waals surface area contributed by atoms with E-state index in [9.17, 15) is 0 Å². The summed E-state index contributed by atoms with van der Waals surface area (Å²) in [5, 5.41) is 0. The highest BCUT2D eigenvalue weighted by atomic mass is 32.1. The highest BCUT2D eigenvalue weighted by Crippen LogP contribution is 2.15. The zero-order valence-corrected chi connectivity index (χ0v) is 10.4. The van der Waals surface area contributed by atoms with Crippen LogP contribution in [-0.4, -0.2) is 0 Å². The summed E-state index contributed by atoms with van der Waals surface area (Å²) < 4.78 is 3.70. The van der Waals surface area contributed by atoms with E-state index in [4.69, 9.17) is 0 Å². The van der Waals surface area contributed by atoms with Crippen LogP contribution in [0, 0.1) is 0 Å². The van der Waals surface area contributed by atoms with Crippen LogP contribution in [-0.2, 0) is 13.0 Å². The third-order valence-electron chi connectivity index (χ3n) is 2.97. The van der Waals surface area contributed by atoms with Crippen molar-refractivity contribution in [3.05, 3.63) is 65.7 Å². The first-order valence-corrected chi connectivity index (χ1v) is 6.71. The molecule has 0 fully saturated rings. The van der Waals surface area contributed by atoms with Crippen molar-refractivity contribution in [1.82, 2.24) is 0 Å². The molecule has 1 heterocycles. The molecule has 0 aliphatic rings. The average molecular weight is 240 g/mol. The van der Waals surface area contributed by atoms with Crippen molar-refractivity contribution in [2.24, 2.45) is 0 Å². The Morgan fingerprint density at radius 3 is 2.53 bits per heavy atom. The van der Waals surface area contributed by atoms with Crippen molar-refractivity contribution in [2.45, 2.75) is 13.0 Å². The molecule has 3 rings (SSSR count). The molecule has 1 aromatic heterocycles. The van der Waals surface area contributed by atoms with Crippen LogP contribution in [0.3, 0.4) is 0 Å². The lowest BCUT2D eigenvalue weighted by Gasteiger charge is -1.96. The second-order valence-electron chi connectivity index (χ2n) is 4.12. The molecule has 0 saturated heterocycles. The van der Waals surface area contributed by atoms with Crippen LogP contribution in [0.1, 0.15) is 5.56 Å². The molecule has 0 spiro atoms. The van der Waals surface area contributed by atoms with Crippen LogP contribution < -0.4 is 4.57 Å². The second kappa shape index (κ2) is 4.68. The van der Waals surface area contributed by atoms with Gasteiger partial charge in [-0.1, -0.05) is 53.8 Å². The molecule has 2 aromatic carbocycles. The monoisotopic (exact) mass is 240 g/mol. The maximum absolute atomic E-state index is 2.34. The van der Waals surface area contributed by atoms with Crippen molar-refractivity contribution in [3.8, 4) is 0 Å². The van der Waals surface area contributed by atoms with Crippen LogP contribution in [0.4, 0.5) is 0 Å². The van der Waals surface area contributed by atoms with Gasteiger partial charge in [0.05, 0.1) is 0 Å². The molecular formula is C15H14NS+. The minimum Gasteiger partial charge on any atom is -0.188 e. The van der Waals surface area contributed by atoms with Gasteiger partial charge in [0.2, 0.25) is 11.0 Å². The lowest BCUT2D eigenvalue weighted by atomic mass is 10.1. The molecule has 3 aromatic rings. The number of nitrogens with zero attached hydrogens (tertiary/aromatic N) is 1. The van der Waals surface area contributed by atoms with Gasteiger partial charge in [-0.15, -0.1) is 0 Å². The minimum absolute atomic E-state index is 1.05. The Balaban J connectivity index is 1.82. The predicted molar refractivity (Wildman–Crippen MR) is 72.2 cm³/mol. The summed E-state index contributed by atoms with van der Waals surface area (Å²) in [4.78, 5) is 0. The Kier molecular flexibility index (Phi) is 2.88. The van der Waals surface area contributed by atoms with E-state index in [1.165, 1.54) is 15.8 Å². The second-order valence-corrected chi connectivity index (χ2v) is 5.01. The smallest absolute Gasteiger partial charge is 0.188 e. The molecule has 2 heteroatoms. The summed E-state index contributed by atoms with van der Waals surface area (Å²) >= 11 is 1.81. The lowest BCUT2D eigenvalue weighted by molar-refractivity contribution is -0.666. The number of aryl methyl sites for hydroxylation is 2. The number of benzene rings is 2. The summed E-state index contributed by atoms with van der Waals surface area (Å²) in [6.07, 6.45) is 1.09. The Morgan fingerprint density at radius 1 is 0.882 bits per heavy atom. The van der Waals surface area contributed by atoms with Crippen molar-refractivity contribution in [1.29, 1.82) is 0 Å². The van der Waals surface area contributed by atoms with E-state index in [0.717, 1.165) is 13.0 Å². The zero-order valence-electron chi connectivity index (χ0n) is 9.54. The molecule has 0 atom stereocenters. The number of aromatic nitrogens is 1. The molecule has 0 aliphatic heterocycles. The molecule has 0 radical (unpaired) electrons. The maximum Gasteiger partial charge on any atom is 0.225 e. The predicted octanol–water partition coefficient (Wildman–Crippen LogP) is 3.43. The van der Waals surface area contributed by atoms with Gasteiger partial charge >= 0.3 is 0 Å². The van der Waals surface area contributed by atoms with E-state index in [1.54, 1.807) is 0 Å². The van der Waals surface area contributed by atoms with E-state index in [2.05, 4.69) is 64.7 Å². The highest BCUT2D eigenvalue weighted by molar-refractivity contribution is 7.16. The van der Waals surface area contributed by atoms with Crippen molar-refractivity contribution >= 4 is 21.6 Å². The molecule has 1 nitrogen and oxygen atoms in total. The largest absolute Gasteiger partial charge is 0.225 e. The summed E-state index contributed by atoms with van der Waals surface area (Å²) in [5.74, 6) is 0. The summed E-state index contributed by atoms with van der Waals surface area (Å²) in [7, 11) is 0. The quantitative estimate of drug-likeness (QED) is 0.618. The van der Waals surface area contributed by atoms with Crippen LogP contribution in [0.2, 0.25) is 0 Å². The van der Waals surface area contributed by atoms with Gasteiger partial charge in [-0.3, -0.25) is 0 Å². The number of thiazole rings is 1. The third kappa shape index (κ3) is 2.22. The van der Waals surface area contributed by atoms with E-state index >= 15 is 0 Å². The van der Waals surface area contributed by atoms with Crippen LogP contribution in [0.25, 0.3) is 10.2 Å². The number of para-hydroxylation sites is 1. The molecule has 0 unspecified atom stereocenters. The van der Waals surface area contributed by atoms with Crippen molar-refractivity contribution in [2.75, 3.05) is 0 Å². The maximum atomic E-state index is 2.34. The van der Waals surface area contributed by atoms with Crippen LogP contribution >= 0.6 is 11.3 Å². The molecule has 17 heavy (non-hydrogen) atoms. The van der Waals surface area contributed by atoms with Gasteiger partial charge in [-0.05, 0) is 11.6 Å². The first kappa shape index (κ1) is 10.5. The number of hydrogen-bond acceptors (Lipinski definition) is 1. The van der Waals surface area contributed by atoms with Gasteiger partial charge < -0.3 is 0 Å². The van der Waals surface area contributed by atoms with Gasteiger partial charge in [-0.2, -0.15) is 4.57 Å². The Bertz CT molecular complexity index is 613. The van der Waals surface area contributed by atoms with Crippen LogP contribution in [0.15, 0.2) is 60.1 Å². The molecular weight excluding hydrogens is 226 g/mol. The SMILES string of the molecule is c1ccc(CC[n+]2csc3ccccc32)cc1.